The van der Waals surface area contributed by atoms with E-state index >= 15 is 0 Å². The third-order valence-corrected chi connectivity index (χ3v) is 4.30. The van der Waals surface area contributed by atoms with Crippen molar-refractivity contribution in [3.8, 4) is 0 Å². The van der Waals surface area contributed by atoms with Crippen LogP contribution in [0, 0.1) is 0 Å². The van der Waals surface area contributed by atoms with E-state index in [0.29, 0.717) is 16.8 Å². The topological polar surface area (TPSA) is 87.2 Å². The van der Waals surface area contributed by atoms with Gasteiger partial charge in [0.1, 0.15) is 15.9 Å². The van der Waals surface area contributed by atoms with E-state index in [-0.39, 0.29) is 11.9 Å². The first-order chi connectivity index (χ1) is 13.0. The van der Waals surface area contributed by atoms with E-state index in [1.165, 1.54) is 14.2 Å². The summed E-state index contributed by atoms with van der Waals surface area (Å²) in [6.07, 6.45) is 8.70. The Balaban J connectivity index is 0.000000156. The van der Waals surface area contributed by atoms with Gasteiger partial charge in [0.15, 0.2) is 0 Å². The van der Waals surface area contributed by atoms with E-state index in [1.54, 1.807) is 49.1 Å². The lowest BCUT2D eigenvalue weighted by molar-refractivity contribution is 0.0592. The highest BCUT2D eigenvalue weighted by atomic mass is 79.9. The summed E-state index contributed by atoms with van der Waals surface area (Å²) in [4.78, 5) is 30.5. The zero-order valence-corrected chi connectivity index (χ0v) is 16.1. The van der Waals surface area contributed by atoms with Crippen molar-refractivity contribution in [2.75, 3.05) is 14.2 Å². The predicted molar refractivity (Wildman–Crippen MR) is 101 cm³/mol. The first kappa shape index (κ1) is 18.6. The largest absolute Gasteiger partial charge is 0.465 e. The molecule has 0 N–H and O–H groups in total. The first-order valence-electron chi connectivity index (χ1n) is 7.75. The number of aromatic nitrogens is 4. The smallest absolute Gasteiger partial charge is 0.338 e. The second-order valence-electron chi connectivity index (χ2n) is 5.32. The van der Waals surface area contributed by atoms with Gasteiger partial charge in [-0.15, -0.1) is 0 Å². The van der Waals surface area contributed by atoms with Crippen LogP contribution in [0.1, 0.15) is 20.7 Å². The summed E-state index contributed by atoms with van der Waals surface area (Å²) in [5, 5.41) is 0. The lowest BCUT2D eigenvalue weighted by atomic mass is 10.3. The normalized spacial score (nSPS) is 10.3. The molecular formula is C18H15BrN4O4. The van der Waals surface area contributed by atoms with Gasteiger partial charge in [0.25, 0.3) is 0 Å². The molecule has 0 aromatic carbocycles. The molecular weight excluding hydrogens is 416 g/mol. The number of hydrogen-bond donors (Lipinski definition) is 0. The number of ether oxygens (including phenoxy) is 2. The summed E-state index contributed by atoms with van der Waals surface area (Å²) in [5.41, 5.74) is 2.46. The molecule has 0 saturated carbocycles. The van der Waals surface area contributed by atoms with Crippen molar-refractivity contribution in [3.63, 3.8) is 0 Å². The number of carbonyl (C=O) groups is 2. The van der Waals surface area contributed by atoms with Crippen LogP contribution in [0.4, 0.5) is 0 Å². The van der Waals surface area contributed by atoms with Crippen molar-refractivity contribution in [1.82, 2.24) is 18.8 Å². The van der Waals surface area contributed by atoms with Crippen molar-refractivity contribution < 1.29 is 19.1 Å². The minimum Gasteiger partial charge on any atom is -0.465 e. The standard InChI is InChI=1S/C9H7BrN2O2.C9H8N2O2/c1-14-9(13)6-2-3-12-7(10)5-11-8(12)4-6;1-13-9(12)7-2-4-11-5-3-10-8(11)6-7/h2-5H,1H3;2-6H,1H3. The van der Waals surface area contributed by atoms with Crippen LogP contribution in [0.2, 0.25) is 0 Å². The Hall–Kier alpha value is -3.20. The maximum absolute atomic E-state index is 11.2. The molecule has 0 saturated heterocycles. The van der Waals surface area contributed by atoms with Crippen molar-refractivity contribution in [2.24, 2.45) is 0 Å². The molecule has 0 bridgehead atoms. The summed E-state index contributed by atoms with van der Waals surface area (Å²) >= 11 is 3.33. The van der Waals surface area contributed by atoms with Crippen molar-refractivity contribution >= 4 is 39.2 Å². The maximum atomic E-state index is 11.2. The molecule has 0 fully saturated rings. The van der Waals surface area contributed by atoms with Crippen LogP contribution in [0.3, 0.4) is 0 Å². The summed E-state index contributed by atoms with van der Waals surface area (Å²) in [6, 6.07) is 6.74. The molecule has 0 radical (unpaired) electrons. The van der Waals surface area contributed by atoms with E-state index in [1.807, 2.05) is 15.0 Å². The summed E-state index contributed by atoms with van der Waals surface area (Å²) < 4.78 is 13.7. The van der Waals surface area contributed by atoms with E-state index in [0.717, 1.165) is 10.3 Å². The van der Waals surface area contributed by atoms with Crippen LogP contribution in [-0.4, -0.2) is 44.9 Å². The van der Waals surface area contributed by atoms with Crippen molar-refractivity contribution in [2.45, 2.75) is 0 Å². The first-order valence-corrected chi connectivity index (χ1v) is 8.54. The molecule has 0 spiro atoms. The highest BCUT2D eigenvalue weighted by Gasteiger charge is 2.07. The van der Waals surface area contributed by atoms with Crippen LogP contribution in [-0.2, 0) is 9.47 Å². The summed E-state index contributed by atoms with van der Waals surface area (Å²) in [7, 11) is 2.71. The fourth-order valence-electron chi connectivity index (χ4n) is 2.35. The Bertz CT molecular complexity index is 1120. The molecule has 138 valence electrons. The van der Waals surface area contributed by atoms with Gasteiger partial charge in [0.2, 0.25) is 0 Å². The number of rotatable bonds is 2. The number of carbonyl (C=O) groups excluding carboxylic acids is 2. The Kier molecular flexibility index (Phi) is 5.51. The van der Waals surface area contributed by atoms with E-state index in [2.05, 4.69) is 35.4 Å². The second-order valence-corrected chi connectivity index (χ2v) is 6.13. The van der Waals surface area contributed by atoms with Gasteiger partial charge in [-0.05, 0) is 40.2 Å². The van der Waals surface area contributed by atoms with Crippen LogP contribution < -0.4 is 0 Å². The zero-order valence-electron chi connectivity index (χ0n) is 14.5. The quantitative estimate of drug-likeness (QED) is 0.454. The number of halogens is 1. The number of pyridine rings is 2. The predicted octanol–water partition coefficient (Wildman–Crippen LogP) is 3.00. The molecule has 0 aliphatic carbocycles. The van der Waals surface area contributed by atoms with Gasteiger partial charge in [-0.1, -0.05) is 0 Å². The average Bonchev–Trinajstić information content (AvgIpc) is 3.33. The summed E-state index contributed by atoms with van der Waals surface area (Å²) in [5.74, 6) is -0.697. The molecule has 4 aromatic rings. The van der Waals surface area contributed by atoms with E-state index in [4.69, 9.17) is 0 Å². The molecule has 9 heteroatoms. The number of hydrogen-bond acceptors (Lipinski definition) is 6. The van der Waals surface area contributed by atoms with Gasteiger partial charge < -0.3 is 13.9 Å². The maximum Gasteiger partial charge on any atom is 0.338 e. The number of esters is 2. The van der Waals surface area contributed by atoms with E-state index in [9.17, 15) is 9.59 Å². The fraction of sp³-hybridized carbons (Fsp3) is 0.111. The highest BCUT2D eigenvalue weighted by molar-refractivity contribution is 9.10. The van der Waals surface area contributed by atoms with Crippen molar-refractivity contribution in [3.05, 3.63) is 71.0 Å². The van der Waals surface area contributed by atoms with Crippen LogP contribution in [0.25, 0.3) is 11.3 Å². The molecule has 4 rings (SSSR count). The van der Waals surface area contributed by atoms with Crippen LogP contribution in [0.15, 0.2) is 59.9 Å². The minimum absolute atomic E-state index is 0.342. The molecule has 0 unspecified atom stereocenters. The second kappa shape index (κ2) is 8.00. The molecule has 0 aliphatic heterocycles. The average molecular weight is 431 g/mol. The molecule has 0 amide bonds. The lowest BCUT2D eigenvalue weighted by Crippen LogP contribution is -2.01. The van der Waals surface area contributed by atoms with E-state index < -0.39 is 0 Å². The monoisotopic (exact) mass is 430 g/mol. The molecule has 8 nitrogen and oxygen atoms in total. The van der Waals surface area contributed by atoms with Gasteiger partial charge in [0, 0.05) is 24.8 Å². The Morgan fingerprint density at radius 1 is 0.926 bits per heavy atom. The molecule has 27 heavy (non-hydrogen) atoms. The number of imidazole rings is 2. The van der Waals surface area contributed by atoms with Crippen LogP contribution >= 0.6 is 15.9 Å². The number of nitrogens with zero attached hydrogens (tertiary/aromatic N) is 4. The van der Waals surface area contributed by atoms with Gasteiger partial charge in [-0.2, -0.15) is 0 Å². The van der Waals surface area contributed by atoms with Gasteiger partial charge in [-0.3, -0.25) is 4.40 Å². The molecule has 0 aliphatic rings. The van der Waals surface area contributed by atoms with Gasteiger partial charge in [0.05, 0.1) is 31.5 Å². The van der Waals surface area contributed by atoms with Gasteiger partial charge >= 0.3 is 11.9 Å². The lowest BCUT2D eigenvalue weighted by Gasteiger charge is -1.99. The molecule has 0 atom stereocenters. The Labute approximate surface area is 162 Å². The fourth-order valence-corrected chi connectivity index (χ4v) is 2.75. The number of methoxy groups -OCH3 is 2. The number of fused-ring (bicyclic) bond motifs is 2. The molecule has 4 aromatic heterocycles. The Morgan fingerprint density at radius 2 is 1.56 bits per heavy atom. The summed E-state index contributed by atoms with van der Waals surface area (Å²) in [6.45, 7) is 0. The third-order valence-electron chi connectivity index (χ3n) is 3.71. The minimum atomic E-state index is -0.355. The SMILES string of the molecule is COC(=O)c1ccn2c(Br)cnc2c1.COC(=O)c1ccn2ccnc2c1. The van der Waals surface area contributed by atoms with Crippen molar-refractivity contribution in [1.29, 1.82) is 0 Å². The molecule has 4 heterocycles. The third kappa shape index (κ3) is 3.98. The van der Waals surface area contributed by atoms with Gasteiger partial charge in [-0.25, -0.2) is 19.6 Å². The van der Waals surface area contributed by atoms with Crippen LogP contribution in [0.5, 0.6) is 0 Å². The highest BCUT2D eigenvalue weighted by Crippen LogP contribution is 2.14. The Morgan fingerprint density at radius 3 is 2.22 bits per heavy atom. The zero-order chi connectivity index (χ0) is 19.4.